The normalized spacial score (nSPS) is 10.8. The van der Waals surface area contributed by atoms with Crippen molar-refractivity contribution in [2.24, 2.45) is 0 Å². The fourth-order valence-corrected chi connectivity index (χ4v) is 2.88. The van der Waals surface area contributed by atoms with E-state index in [1.54, 1.807) is 42.9 Å². The Morgan fingerprint density at radius 1 is 1.22 bits per heavy atom. The number of halogens is 1. The van der Waals surface area contributed by atoms with Crippen LogP contribution in [0.4, 0.5) is 11.5 Å². The van der Waals surface area contributed by atoms with Gasteiger partial charge in [-0.1, -0.05) is 23.7 Å². The van der Waals surface area contributed by atoms with E-state index >= 15 is 0 Å². The second kappa shape index (κ2) is 7.58. The molecule has 1 amide bonds. The van der Waals surface area contributed by atoms with Crippen LogP contribution in [0.5, 0.6) is 0 Å². The van der Waals surface area contributed by atoms with Crippen LogP contribution in [0.25, 0.3) is 0 Å². The summed E-state index contributed by atoms with van der Waals surface area (Å²) in [5, 5.41) is 22.8. The lowest BCUT2D eigenvalue weighted by molar-refractivity contribution is -0.386. The standard InChI is InChI=1S/C17H17ClN6O3/c1-11-17(24(26)27)12(2)22(21-11)10-16(25)20-15-7-8-19-23(15)9-13-3-5-14(18)6-4-13/h3-8H,9-10H2,1-2H3,(H,20,25). The first-order chi connectivity index (χ1) is 12.8. The van der Waals surface area contributed by atoms with E-state index in [0.29, 0.717) is 23.1 Å². The van der Waals surface area contributed by atoms with Crippen molar-refractivity contribution in [1.29, 1.82) is 0 Å². The summed E-state index contributed by atoms with van der Waals surface area (Å²) in [4.78, 5) is 22.9. The average Bonchev–Trinajstić information content (AvgIpc) is 3.13. The lowest BCUT2D eigenvalue weighted by atomic mass is 10.2. The molecule has 0 aliphatic rings. The van der Waals surface area contributed by atoms with Crippen LogP contribution >= 0.6 is 11.6 Å². The lowest BCUT2D eigenvalue weighted by Gasteiger charge is -2.10. The van der Waals surface area contributed by atoms with Crippen molar-refractivity contribution < 1.29 is 9.72 Å². The minimum atomic E-state index is -0.493. The Labute approximate surface area is 159 Å². The number of aryl methyl sites for hydroxylation is 1. The fraction of sp³-hybridized carbons (Fsp3) is 0.235. The smallest absolute Gasteiger partial charge is 0.309 e. The molecular weight excluding hydrogens is 372 g/mol. The molecular formula is C17H17ClN6O3. The van der Waals surface area contributed by atoms with Gasteiger partial charge in [0.05, 0.1) is 17.7 Å². The van der Waals surface area contributed by atoms with Gasteiger partial charge in [0.2, 0.25) is 5.91 Å². The monoisotopic (exact) mass is 388 g/mol. The van der Waals surface area contributed by atoms with Gasteiger partial charge in [0.15, 0.2) is 0 Å². The quantitative estimate of drug-likeness (QED) is 0.516. The summed E-state index contributed by atoms with van der Waals surface area (Å²) >= 11 is 5.89. The van der Waals surface area contributed by atoms with Gasteiger partial charge in [-0.15, -0.1) is 0 Å². The van der Waals surface area contributed by atoms with Crippen LogP contribution in [-0.4, -0.2) is 30.4 Å². The van der Waals surface area contributed by atoms with Crippen molar-refractivity contribution >= 4 is 29.0 Å². The molecule has 0 bridgehead atoms. The number of hydrogen-bond donors (Lipinski definition) is 1. The zero-order valence-corrected chi connectivity index (χ0v) is 15.5. The number of carbonyl (C=O) groups is 1. The maximum Gasteiger partial charge on any atom is 0.312 e. The third kappa shape index (κ3) is 4.14. The zero-order chi connectivity index (χ0) is 19.6. The molecule has 10 heteroatoms. The molecule has 3 rings (SSSR count). The van der Waals surface area contributed by atoms with Crippen molar-refractivity contribution in [3.05, 3.63) is 68.6 Å². The van der Waals surface area contributed by atoms with Crippen LogP contribution in [0.3, 0.4) is 0 Å². The highest BCUT2D eigenvalue weighted by molar-refractivity contribution is 6.30. The van der Waals surface area contributed by atoms with Gasteiger partial charge in [0, 0.05) is 11.1 Å². The summed E-state index contributed by atoms with van der Waals surface area (Å²) < 4.78 is 2.97. The van der Waals surface area contributed by atoms with Crippen LogP contribution in [0, 0.1) is 24.0 Å². The molecule has 0 aliphatic carbocycles. The van der Waals surface area contributed by atoms with Gasteiger partial charge in [-0.3, -0.25) is 19.6 Å². The van der Waals surface area contributed by atoms with Crippen LogP contribution in [-0.2, 0) is 17.9 Å². The van der Waals surface area contributed by atoms with Gasteiger partial charge in [0.1, 0.15) is 23.8 Å². The van der Waals surface area contributed by atoms with Crippen LogP contribution in [0.15, 0.2) is 36.5 Å². The van der Waals surface area contributed by atoms with Gasteiger partial charge in [-0.25, -0.2) is 4.68 Å². The molecule has 0 atom stereocenters. The zero-order valence-electron chi connectivity index (χ0n) is 14.7. The number of nitrogens with zero attached hydrogens (tertiary/aromatic N) is 5. The van der Waals surface area contributed by atoms with E-state index in [9.17, 15) is 14.9 Å². The van der Waals surface area contributed by atoms with Crippen LogP contribution in [0.1, 0.15) is 17.0 Å². The summed E-state index contributed by atoms with van der Waals surface area (Å²) in [5.74, 6) is 0.166. The lowest BCUT2D eigenvalue weighted by Crippen LogP contribution is -2.22. The van der Waals surface area contributed by atoms with E-state index in [1.165, 1.54) is 4.68 Å². The highest BCUT2D eigenvalue weighted by Crippen LogP contribution is 2.21. The number of nitro groups is 1. The maximum atomic E-state index is 12.4. The first kappa shape index (κ1) is 18.6. The summed E-state index contributed by atoms with van der Waals surface area (Å²) in [6.07, 6.45) is 1.58. The molecule has 9 nitrogen and oxygen atoms in total. The molecule has 1 aromatic carbocycles. The highest BCUT2D eigenvalue weighted by atomic mass is 35.5. The van der Waals surface area contributed by atoms with Crippen molar-refractivity contribution in [3.63, 3.8) is 0 Å². The van der Waals surface area contributed by atoms with Gasteiger partial charge in [-0.2, -0.15) is 10.2 Å². The number of benzene rings is 1. The topological polar surface area (TPSA) is 108 Å². The number of anilines is 1. The Kier molecular flexibility index (Phi) is 5.22. The largest absolute Gasteiger partial charge is 0.312 e. The molecule has 0 radical (unpaired) electrons. The van der Waals surface area contributed by atoms with E-state index in [0.717, 1.165) is 5.56 Å². The number of carbonyl (C=O) groups excluding carboxylic acids is 1. The predicted molar refractivity (Wildman–Crippen MR) is 99.8 cm³/mol. The molecule has 0 unspecified atom stereocenters. The third-order valence-electron chi connectivity index (χ3n) is 4.05. The summed E-state index contributed by atoms with van der Waals surface area (Å²) in [6, 6.07) is 9.01. The van der Waals surface area contributed by atoms with Crippen molar-refractivity contribution in [2.75, 3.05) is 5.32 Å². The van der Waals surface area contributed by atoms with Gasteiger partial charge >= 0.3 is 5.69 Å². The fourth-order valence-electron chi connectivity index (χ4n) is 2.75. The SMILES string of the molecule is Cc1nn(CC(=O)Nc2ccnn2Cc2ccc(Cl)cc2)c(C)c1[N+](=O)[O-]. The number of amides is 1. The Morgan fingerprint density at radius 2 is 1.93 bits per heavy atom. The molecule has 0 saturated heterocycles. The van der Waals surface area contributed by atoms with Crippen LogP contribution < -0.4 is 5.32 Å². The molecule has 140 valence electrons. The summed E-state index contributed by atoms with van der Waals surface area (Å²) in [5.41, 5.74) is 1.52. The minimum absolute atomic E-state index is 0.0735. The highest BCUT2D eigenvalue weighted by Gasteiger charge is 2.23. The number of hydrogen-bond acceptors (Lipinski definition) is 5. The molecule has 0 spiro atoms. The first-order valence-corrected chi connectivity index (χ1v) is 8.47. The second-order valence-electron chi connectivity index (χ2n) is 5.98. The Hall–Kier alpha value is -3.20. The van der Waals surface area contributed by atoms with Crippen molar-refractivity contribution in [2.45, 2.75) is 26.9 Å². The maximum absolute atomic E-state index is 12.4. The van der Waals surface area contributed by atoms with Crippen LogP contribution in [0.2, 0.25) is 5.02 Å². The third-order valence-corrected chi connectivity index (χ3v) is 4.30. The Bertz CT molecular complexity index is 993. The van der Waals surface area contributed by atoms with Crippen molar-refractivity contribution in [1.82, 2.24) is 19.6 Å². The Balaban J connectivity index is 1.71. The number of aromatic nitrogens is 4. The molecule has 27 heavy (non-hydrogen) atoms. The molecule has 0 aliphatic heterocycles. The average molecular weight is 389 g/mol. The van der Waals surface area contributed by atoms with E-state index in [1.807, 2.05) is 12.1 Å². The molecule has 3 aromatic rings. The van der Waals surface area contributed by atoms with E-state index in [-0.39, 0.29) is 23.8 Å². The van der Waals surface area contributed by atoms with E-state index in [4.69, 9.17) is 11.6 Å². The van der Waals surface area contributed by atoms with Crippen molar-refractivity contribution in [3.8, 4) is 0 Å². The van der Waals surface area contributed by atoms with Gasteiger partial charge in [0.25, 0.3) is 0 Å². The van der Waals surface area contributed by atoms with E-state index < -0.39 is 4.92 Å². The molecule has 2 aromatic heterocycles. The minimum Gasteiger partial charge on any atom is -0.309 e. The second-order valence-corrected chi connectivity index (χ2v) is 6.42. The van der Waals surface area contributed by atoms with Gasteiger partial charge < -0.3 is 5.32 Å². The first-order valence-electron chi connectivity index (χ1n) is 8.09. The van der Waals surface area contributed by atoms with E-state index in [2.05, 4.69) is 15.5 Å². The summed E-state index contributed by atoms with van der Waals surface area (Å²) in [7, 11) is 0. The number of rotatable bonds is 6. The van der Waals surface area contributed by atoms with Gasteiger partial charge in [-0.05, 0) is 31.5 Å². The molecule has 2 heterocycles. The predicted octanol–water partition coefficient (Wildman–Crippen LogP) is 2.95. The summed E-state index contributed by atoms with van der Waals surface area (Å²) in [6.45, 7) is 3.44. The molecule has 0 saturated carbocycles. The molecule has 0 fully saturated rings. The number of nitrogens with one attached hydrogen (secondary N) is 1. The molecule has 1 N–H and O–H groups in total. The Morgan fingerprint density at radius 3 is 2.56 bits per heavy atom.